The van der Waals surface area contributed by atoms with Crippen LogP contribution in [0.25, 0.3) is 5.69 Å². The van der Waals surface area contributed by atoms with Gasteiger partial charge in [-0.1, -0.05) is 31.1 Å². The SMILES string of the molecule is COc1nn(-c2ccc(NC(=O)Nc3ccc(C(C)C)cc3)c(C)c2)c(=O)o1. The van der Waals surface area contributed by atoms with E-state index in [9.17, 15) is 9.59 Å². The van der Waals surface area contributed by atoms with Gasteiger partial charge in [0.25, 0.3) is 0 Å². The number of nitrogens with one attached hydrogen (secondary N) is 2. The number of nitrogens with zero attached hydrogens (tertiary/aromatic N) is 2. The molecule has 146 valence electrons. The van der Waals surface area contributed by atoms with Crippen LogP contribution in [0.5, 0.6) is 6.08 Å². The maximum absolute atomic E-state index is 12.3. The monoisotopic (exact) mass is 382 g/mol. The van der Waals surface area contributed by atoms with Crippen molar-refractivity contribution >= 4 is 17.4 Å². The standard InChI is InChI=1S/C20H22N4O4/c1-12(2)14-5-7-15(8-6-14)21-18(25)22-17-10-9-16(11-13(17)3)24-20(26)28-19(23-24)27-4/h5-12H,1-4H3,(H2,21,22,25). The predicted octanol–water partition coefficient (Wildman–Crippen LogP) is 3.91. The van der Waals surface area contributed by atoms with E-state index in [2.05, 4.69) is 29.6 Å². The number of urea groups is 1. The van der Waals surface area contributed by atoms with Crippen LogP contribution in [0.4, 0.5) is 16.2 Å². The highest BCUT2D eigenvalue weighted by atomic mass is 16.6. The summed E-state index contributed by atoms with van der Waals surface area (Å²) in [5.74, 6) is -0.222. The number of hydrogen-bond donors (Lipinski definition) is 2. The summed E-state index contributed by atoms with van der Waals surface area (Å²) < 4.78 is 10.7. The number of benzene rings is 2. The lowest BCUT2D eigenvalue weighted by Gasteiger charge is -2.12. The van der Waals surface area contributed by atoms with Crippen molar-refractivity contribution in [3.63, 3.8) is 0 Å². The Labute approximate surface area is 162 Å². The number of anilines is 2. The Balaban J connectivity index is 1.71. The number of rotatable bonds is 5. The van der Waals surface area contributed by atoms with E-state index in [0.29, 0.717) is 23.0 Å². The number of methoxy groups -OCH3 is 1. The number of hydrogen-bond acceptors (Lipinski definition) is 5. The van der Waals surface area contributed by atoms with E-state index in [0.717, 1.165) is 10.2 Å². The molecule has 3 aromatic rings. The fraction of sp³-hybridized carbons (Fsp3) is 0.250. The lowest BCUT2D eigenvalue weighted by Crippen LogP contribution is -2.20. The van der Waals surface area contributed by atoms with Crippen LogP contribution in [0.3, 0.4) is 0 Å². The smallest absolute Gasteiger partial charge is 0.444 e. The third-order valence-corrected chi connectivity index (χ3v) is 4.24. The van der Waals surface area contributed by atoms with Crippen LogP contribution in [0.15, 0.2) is 51.7 Å². The molecule has 2 aromatic carbocycles. The molecule has 2 amide bonds. The van der Waals surface area contributed by atoms with E-state index in [4.69, 9.17) is 9.15 Å². The van der Waals surface area contributed by atoms with Crippen LogP contribution in [-0.2, 0) is 0 Å². The second-order valence-electron chi connectivity index (χ2n) is 6.60. The molecular weight excluding hydrogens is 360 g/mol. The van der Waals surface area contributed by atoms with Gasteiger partial charge in [0.1, 0.15) is 0 Å². The minimum atomic E-state index is -0.653. The number of aromatic nitrogens is 2. The van der Waals surface area contributed by atoms with Gasteiger partial charge >= 0.3 is 17.9 Å². The van der Waals surface area contributed by atoms with Gasteiger partial charge in [0.15, 0.2) is 0 Å². The van der Waals surface area contributed by atoms with Crippen LogP contribution in [-0.4, -0.2) is 22.9 Å². The molecule has 0 aliphatic rings. The van der Waals surface area contributed by atoms with E-state index >= 15 is 0 Å². The molecule has 2 N–H and O–H groups in total. The summed E-state index contributed by atoms with van der Waals surface area (Å²) in [6.45, 7) is 6.05. The van der Waals surface area contributed by atoms with Gasteiger partial charge in [-0.05, 0) is 54.3 Å². The Morgan fingerprint density at radius 3 is 2.43 bits per heavy atom. The maximum atomic E-state index is 12.3. The van der Waals surface area contributed by atoms with Crippen LogP contribution in [0, 0.1) is 6.92 Å². The van der Waals surface area contributed by atoms with Gasteiger partial charge < -0.3 is 19.8 Å². The molecule has 0 atom stereocenters. The summed E-state index contributed by atoms with van der Waals surface area (Å²) in [5.41, 5.74) is 3.79. The van der Waals surface area contributed by atoms with Crippen molar-refractivity contribution in [1.82, 2.24) is 9.78 Å². The molecule has 0 unspecified atom stereocenters. The molecule has 0 aliphatic heterocycles. The highest BCUT2D eigenvalue weighted by Crippen LogP contribution is 2.20. The van der Waals surface area contributed by atoms with Gasteiger partial charge in [-0.15, -0.1) is 0 Å². The number of amides is 2. The zero-order chi connectivity index (χ0) is 20.3. The molecule has 1 aromatic heterocycles. The van der Waals surface area contributed by atoms with E-state index < -0.39 is 5.76 Å². The lowest BCUT2D eigenvalue weighted by atomic mass is 10.0. The van der Waals surface area contributed by atoms with Crippen LogP contribution in [0.1, 0.15) is 30.9 Å². The quantitative estimate of drug-likeness (QED) is 0.697. The van der Waals surface area contributed by atoms with Gasteiger partial charge in [0.05, 0.1) is 12.8 Å². The molecule has 0 saturated heterocycles. The molecule has 0 fully saturated rings. The molecule has 0 bridgehead atoms. The Morgan fingerprint density at radius 1 is 1.14 bits per heavy atom. The molecule has 8 nitrogen and oxygen atoms in total. The summed E-state index contributed by atoms with van der Waals surface area (Å²) in [4.78, 5) is 24.1. The molecule has 3 rings (SSSR count). The second-order valence-corrected chi connectivity index (χ2v) is 6.60. The first kappa shape index (κ1) is 19.2. The first-order valence-electron chi connectivity index (χ1n) is 8.80. The van der Waals surface area contributed by atoms with Crippen molar-refractivity contribution in [3.8, 4) is 11.8 Å². The summed E-state index contributed by atoms with van der Waals surface area (Å²) in [5, 5.41) is 9.52. The van der Waals surface area contributed by atoms with Crippen molar-refractivity contribution < 1.29 is 13.9 Å². The van der Waals surface area contributed by atoms with Gasteiger partial charge in [0, 0.05) is 11.4 Å². The molecule has 1 heterocycles. The zero-order valence-electron chi connectivity index (χ0n) is 16.1. The average molecular weight is 382 g/mol. The Hall–Kier alpha value is -3.55. The Kier molecular flexibility index (Phi) is 5.49. The van der Waals surface area contributed by atoms with Crippen LogP contribution in [0.2, 0.25) is 0 Å². The molecule has 0 aliphatic carbocycles. The van der Waals surface area contributed by atoms with Gasteiger partial charge in [-0.2, -0.15) is 4.68 Å². The van der Waals surface area contributed by atoms with E-state index in [1.54, 1.807) is 18.2 Å². The molecule has 0 saturated carbocycles. The molecule has 28 heavy (non-hydrogen) atoms. The third-order valence-electron chi connectivity index (χ3n) is 4.24. The number of aryl methyl sites for hydroxylation is 1. The summed E-state index contributed by atoms with van der Waals surface area (Å²) in [7, 11) is 1.36. The average Bonchev–Trinajstić information content (AvgIpc) is 3.04. The molecule has 0 spiro atoms. The topological polar surface area (TPSA) is 98.4 Å². The maximum Gasteiger partial charge on any atom is 0.444 e. The first-order valence-corrected chi connectivity index (χ1v) is 8.80. The van der Waals surface area contributed by atoms with Crippen molar-refractivity contribution in [2.24, 2.45) is 0 Å². The fourth-order valence-electron chi connectivity index (χ4n) is 2.66. The molecule has 0 radical (unpaired) electrons. The second kappa shape index (κ2) is 7.99. The lowest BCUT2D eigenvalue weighted by molar-refractivity contribution is 0.262. The minimum Gasteiger partial charge on any atom is -0.452 e. The number of carbonyl (C=O) groups excluding carboxylic acids is 1. The van der Waals surface area contributed by atoms with E-state index in [1.807, 2.05) is 31.2 Å². The van der Waals surface area contributed by atoms with Crippen molar-refractivity contribution in [3.05, 3.63) is 64.1 Å². The van der Waals surface area contributed by atoms with Crippen LogP contribution < -0.4 is 21.1 Å². The normalized spacial score (nSPS) is 10.8. The van der Waals surface area contributed by atoms with Gasteiger partial charge in [-0.25, -0.2) is 9.59 Å². The van der Waals surface area contributed by atoms with E-state index in [-0.39, 0.29) is 12.1 Å². The fourth-order valence-corrected chi connectivity index (χ4v) is 2.66. The minimum absolute atomic E-state index is 0.118. The zero-order valence-corrected chi connectivity index (χ0v) is 16.1. The van der Waals surface area contributed by atoms with Crippen LogP contribution >= 0.6 is 0 Å². The van der Waals surface area contributed by atoms with Crippen molar-refractivity contribution in [1.29, 1.82) is 0 Å². The number of carbonyl (C=O) groups is 1. The Morgan fingerprint density at radius 2 is 1.86 bits per heavy atom. The summed E-state index contributed by atoms with van der Waals surface area (Å²) in [6, 6.07) is 12.4. The summed E-state index contributed by atoms with van der Waals surface area (Å²) >= 11 is 0. The number of ether oxygens (including phenoxy) is 1. The van der Waals surface area contributed by atoms with Crippen molar-refractivity contribution in [2.45, 2.75) is 26.7 Å². The Bertz CT molecular complexity index is 1040. The predicted molar refractivity (Wildman–Crippen MR) is 107 cm³/mol. The summed E-state index contributed by atoms with van der Waals surface area (Å²) in [6.07, 6.45) is -0.118. The van der Waals surface area contributed by atoms with Crippen molar-refractivity contribution in [2.75, 3.05) is 17.7 Å². The highest BCUT2D eigenvalue weighted by molar-refractivity contribution is 6.00. The highest BCUT2D eigenvalue weighted by Gasteiger charge is 2.12. The van der Waals surface area contributed by atoms with E-state index in [1.165, 1.54) is 12.7 Å². The van der Waals surface area contributed by atoms with Gasteiger partial charge in [-0.3, -0.25) is 0 Å². The molecular formula is C20H22N4O4. The molecule has 8 heteroatoms. The third kappa shape index (κ3) is 4.22. The van der Waals surface area contributed by atoms with Gasteiger partial charge in [0.2, 0.25) is 0 Å². The first-order chi connectivity index (χ1) is 13.4. The largest absolute Gasteiger partial charge is 0.452 e.